The molecule has 1 fully saturated rings. The van der Waals surface area contributed by atoms with Crippen molar-refractivity contribution in [1.29, 1.82) is 0 Å². The fourth-order valence-electron chi connectivity index (χ4n) is 4.12. The van der Waals surface area contributed by atoms with Crippen LogP contribution in [0.15, 0.2) is 77.7 Å². The van der Waals surface area contributed by atoms with E-state index in [1.165, 1.54) is 24.8 Å². The molecule has 1 heterocycles. The molecule has 0 atom stereocenters. The van der Waals surface area contributed by atoms with Gasteiger partial charge in [0.25, 0.3) is 15.9 Å². The van der Waals surface area contributed by atoms with E-state index < -0.39 is 10.0 Å². The topological polar surface area (TPSA) is 78.5 Å². The van der Waals surface area contributed by atoms with Gasteiger partial charge < -0.3 is 5.32 Å². The normalized spacial score (nSPS) is 14.5. The molecule has 7 heteroatoms. The second-order valence-corrected chi connectivity index (χ2v) is 10.5. The maximum atomic E-state index is 12.6. The SMILES string of the molecule is Cc1ccc(S(=O)(=O)Nc2ccc(C(=O)NCc3cccc(CN4CCCCC4)c3)cc2)cc1. The van der Waals surface area contributed by atoms with E-state index in [9.17, 15) is 13.2 Å². The van der Waals surface area contributed by atoms with Crippen LogP contribution in [0.3, 0.4) is 0 Å². The molecule has 0 radical (unpaired) electrons. The predicted octanol–water partition coefficient (Wildman–Crippen LogP) is 4.71. The van der Waals surface area contributed by atoms with Crippen molar-refractivity contribution in [2.45, 2.75) is 44.2 Å². The molecule has 2 N–H and O–H groups in total. The number of benzene rings is 3. The van der Waals surface area contributed by atoms with Gasteiger partial charge in [0.2, 0.25) is 0 Å². The highest BCUT2D eigenvalue weighted by Crippen LogP contribution is 2.18. The van der Waals surface area contributed by atoms with Gasteiger partial charge in [-0.25, -0.2) is 8.42 Å². The minimum Gasteiger partial charge on any atom is -0.348 e. The summed E-state index contributed by atoms with van der Waals surface area (Å²) in [5.41, 5.74) is 4.19. The first-order valence-electron chi connectivity index (χ1n) is 11.7. The van der Waals surface area contributed by atoms with E-state index in [1.54, 1.807) is 48.5 Å². The van der Waals surface area contributed by atoms with Crippen molar-refractivity contribution in [2.75, 3.05) is 17.8 Å². The number of nitrogens with zero attached hydrogens (tertiary/aromatic N) is 1. The Morgan fingerprint density at radius 2 is 1.56 bits per heavy atom. The van der Waals surface area contributed by atoms with E-state index in [-0.39, 0.29) is 10.8 Å². The van der Waals surface area contributed by atoms with E-state index in [4.69, 9.17) is 0 Å². The zero-order chi connectivity index (χ0) is 24.0. The summed E-state index contributed by atoms with van der Waals surface area (Å²) in [6, 6.07) is 21.4. The van der Waals surface area contributed by atoms with Crippen LogP contribution in [0.4, 0.5) is 5.69 Å². The first kappa shape index (κ1) is 24.0. The molecule has 1 amide bonds. The number of piperidine rings is 1. The molecule has 0 bridgehead atoms. The minimum absolute atomic E-state index is 0.197. The summed E-state index contributed by atoms with van der Waals surface area (Å²) < 4.78 is 27.7. The predicted molar refractivity (Wildman–Crippen MR) is 135 cm³/mol. The molecule has 178 valence electrons. The third kappa shape index (κ3) is 6.46. The Kier molecular flexibility index (Phi) is 7.65. The molecule has 0 saturated carbocycles. The van der Waals surface area contributed by atoms with Crippen LogP contribution in [0, 0.1) is 6.92 Å². The molecule has 3 aromatic rings. The van der Waals surface area contributed by atoms with E-state index in [1.807, 2.05) is 19.1 Å². The van der Waals surface area contributed by atoms with Gasteiger partial charge in [-0.15, -0.1) is 0 Å². The molecule has 1 saturated heterocycles. The number of anilines is 1. The molecule has 34 heavy (non-hydrogen) atoms. The monoisotopic (exact) mass is 477 g/mol. The van der Waals surface area contributed by atoms with Crippen molar-refractivity contribution in [3.05, 3.63) is 95.1 Å². The Balaban J connectivity index is 1.32. The molecule has 4 rings (SSSR count). The maximum absolute atomic E-state index is 12.6. The van der Waals surface area contributed by atoms with Crippen LogP contribution in [0.1, 0.15) is 46.3 Å². The Labute approximate surface area is 202 Å². The smallest absolute Gasteiger partial charge is 0.261 e. The molecule has 0 spiro atoms. The Morgan fingerprint density at radius 1 is 0.882 bits per heavy atom. The van der Waals surface area contributed by atoms with E-state index >= 15 is 0 Å². The summed E-state index contributed by atoms with van der Waals surface area (Å²) in [5, 5.41) is 2.95. The van der Waals surface area contributed by atoms with Gasteiger partial charge in [0, 0.05) is 24.3 Å². The molecule has 0 unspecified atom stereocenters. The van der Waals surface area contributed by atoms with Crippen molar-refractivity contribution < 1.29 is 13.2 Å². The van der Waals surface area contributed by atoms with E-state index in [0.717, 1.165) is 30.8 Å². The van der Waals surface area contributed by atoms with Crippen LogP contribution >= 0.6 is 0 Å². The lowest BCUT2D eigenvalue weighted by molar-refractivity contribution is 0.0951. The van der Waals surface area contributed by atoms with Gasteiger partial charge in [-0.3, -0.25) is 14.4 Å². The molecular weight excluding hydrogens is 446 g/mol. The highest BCUT2D eigenvalue weighted by Gasteiger charge is 2.15. The number of hydrogen-bond donors (Lipinski definition) is 2. The van der Waals surface area contributed by atoms with Gasteiger partial charge in [0.1, 0.15) is 0 Å². The average molecular weight is 478 g/mol. The number of aryl methyl sites for hydroxylation is 1. The quantitative estimate of drug-likeness (QED) is 0.492. The fourth-order valence-corrected chi connectivity index (χ4v) is 5.18. The zero-order valence-corrected chi connectivity index (χ0v) is 20.3. The highest BCUT2D eigenvalue weighted by molar-refractivity contribution is 7.92. The minimum atomic E-state index is -3.68. The largest absolute Gasteiger partial charge is 0.348 e. The van der Waals surface area contributed by atoms with Gasteiger partial charge in [-0.2, -0.15) is 0 Å². The first-order chi connectivity index (χ1) is 16.4. The summed E-state index contributed by atoms with van der Waals surface area (Å²) in [5.74, 6) is -0.200. The number of nitrogens with one attached hydrogen (secondary N) is 2. The molecule has 0 aliphatic carbocycles. The molecule has 3 aromatic carbocycles. The Morgan fingerprint density at radius 3 is 2.26 bits per heavy atom. The van der Waals surface area contributed by atoms with Crippen LogP contribution in [0.25, 0.3) is 0 Å². The van der Waals surface area contributed by atoms with Crippen molar-refractivity contribution in [1.82, 2.24) is 10.2 Å². The molecule has 1 aliphatic rings. The molecule has 1 aliphatic heterocycles. The first-order valence-corrected chi connectivity index (χ1v) is 13.2. The fraction of sp³-hybridized carbons (Fsp3) is 0.296. The standard InChI is InChI=1S/C27H31N3O3S/c1-21-8-14-26(15-9-21)34(32,33)29-25-12-10-24(11-13-25)27(31)28-19-22-6-5-7-23(18-22)20-30-16-3-2-4-17-30/h5-15,18,29H,2-4,16-17,19-20H2,1H3,(H,28,31). The third-order valence-corrected chi connectivity index (χ3v) is 7.43. The zero-order valence-electron chi connectivity index (χ0n) is 19.5. The maximum Gasteiger partial charge on any atom is 0.261 e. The number of carbonyl (C=O) groups excluding carboxylic acids is 1. The number of hydrogen-bond acceptors (Lipinski definition) is 4. The lowest BCUT2D eigenvalue weighted by Gasteiger charge is -2.26. The van der Waals surface area contributed by atoms with Gasteiger partial charge >= 0.3 is 0 Å². The highest BCUT2D eigenvalue weighted by atomic mass is 32.2. The van der Waals surface area contributed by atoms with Gasteiger partial charge in [-0.05, 0) is 80.4 Å². The second kappa shape index (κ2) is 10.8. The van der Waals surface area contributed by atoms with Gasteiger partial charge in [0.15, 0.2) is 0 Å². The Hall–Kier alpha value is -3.16. The van der Waals surface area contributed by atoms with Crippen molar-refractivity contribution in [3.8, 4) is 0 Å². The molecular formula is C27H31N3O3S. The number of amides is 1. The van der Waals surface area contributed by atoms with Crippen LogP contribution in [-0.2, 0) is 23.1 Å². The summed E-state index contributed by atoms with van der Waals surface area (Å²) >= 11 is 0. The second-order valence-electron chi connectivity index (χ2n) is 8.84. The summed E-state index contributed by atoms with van der Waals surface area (Å²) in [6.45, 7) is 5.59. The Bertz CT molecular complexity index is 1220. The molecule has 6 nitrogen and oxygen atoms in total. The van der Waals surface area contributed by atoms with E-state index in [0.29, 0.717) is 17.8 Å². The lowest BCUT2D eigenvalue weighted by atomic mass is 10.1. The number of sulfonamides is 1. The summed E-state index contributed by atoms with van der Waals surface area (Å²) in [7, 11) is -3.68. The average Bonchev–Trinajstić information content (AvgIpc) is 2.84. The summed E-state index contributed by atoms with van der Waals surface area (Å²) in [4.78, 5) is 15.3. The number of likely N-dealkylation sites (tertiary alicyclic amines) is 1. The van der Waals surface area contributed by atoms with Crippen molar-refractivity contribution in [3.63, 3.8) is 0 Å². The van der Waals surface area contributed by atoms with Crippen LogP contribution in [-0.4, -0.2) is 32.3 Å². The third-order valence-electron chi connectivity index (χ3n) is 6.03. The van der Waals surface area contributed by atoms with Gasteiger partial charge in [-0.1, -0.05) is 48.4 Å². The van der Waals surface area contributed by atoms with E-state index in [2.05, 4.69) is 27.1 Å². The number of rotatable bonds is 8. The van der Waals surface area contributed by atoms with Crippen LogP contribution in [0.2, 0.25) is 0 Å². The van der Waals surface area contributed by atoms with Gasteiger partial charge in [0.05, 0.1) is 4.90 Å². The van der Waals surface area contributed by atoms with Crippen molar-refractivity contribution >= 4 is 21.6 Å². The lowest BCUT2D eigenvalue weighted by Crippen LogP contribution is -2.29. The summed E-state index contributed by atoms with van der Waals surface area (Å²) in [6.07, 6.45) is 3.85. The van der Waals surface area contributed by atoms with Crippen LogP contribution < -0.4 is 10.0 Å². The van der Waals surface area contributed by atoms with Crippen molar-refractivity contribution in [2.24, 2.45) is 0 Å². The van der Waals surface area contributed by atoms with Crippen LogP contribution in [0.5, 0.6) is 0 Å². The number of carbonyl (C=O) groups is 1. The molecule has 0 aromatic heterocycles.